The van der Waals surface area contributed by atoms with Crippen molar-refractivity contribution in [3.05, 3.63) is 4.88 Å². The van der Waals surface area contributed by atoms with Crippen LogP contribution in [0.25, 0.3) is 0 Å². The molecule has 1 aromatic rings. The lowest BCUT2D eigenvalue weighted by Gasteiger charge is -2.12. The second kappa shape index (κ2) is 7.00. The van der Waals surface area contributed by atoms with Gasteiger partial charge in [0.05, 0.1) is 13.7 Å². The molecule has 3 N–H and O–H groups in total. The molecule has 0 saturated carbocycles. The minimum absolute atomic E-state index is 0.329. The van der Waals surface area contributed by atoms with E-state index in [0.29, 0.717) is 28.8 Å². The molecule has 6 nitrogen and oxygen atoms in total. The highest BCUT2D eigenvalue weighted by Gasteiger charge is 2.24. The summed E-state index contributed by atoms with van der Waals surface area (Å²) in [7, 11) is 3.68. The average molecular weight is 313 g/mol. The smallest absolute Gasteiger partial charge is 0.350 e. The lowest BCUT2D eigenvalue weighted by molar-refractivity contribution is 0.0533. The quantitative estimate of drug-likeness (QED) is 0.781. The largest absolute Gasteiger partial charge is 0.492 e. The minimum atomic E-state index is -0.396. The van der Waals surface area contributed by atoms with Gasteiger partial charge in [-0.15, -0.1) is 11.3 Å². The fraction of sp³-hybridized carbons (Fsp3) is 0.643. The summed E-state index contributed by atoms with van der Waals surface area (Å²) in [6.45, 7) is 5.16. The number of thiophene rings is 1. The van der Waals surface area contributed by atoms with Crippen LogP contribution >= 0.6 is 11.3 Å². The molecular weight excluding hydrogens is 290 g/mol. The third-order valence-corrected chi connectivity index (χ3v) is 4.73. The van der Waals surface area contributed by atoms with Gasteiger partial charge in [-0.25, -0.2) is 4.79 Å². The number of rotatable bonds is 6. The third kappa shape index (κ3) is 3.59. The van der Waals surface area contributed by atoms with Crippen molar-refractivity contribution in [2.45, 2.75) is 13.3 Å². The first kappa shape index (κ1) is 15.9. The van der Waals surface area contributed by atoms with E-state index in [9.17, 15) is 4.79 Å². The van der Waals surface area contributed by atoms with Gasteiger partial charge in [-0.1, -0.05) is 0 Å². The zero-order valence-electron chi connectivity index (χ0n) is 12.8. The van der Waals surface area contributed by atoms with Crippen LogP contribution in [0.2, 0.25) is 0 Å². The second-order valence-electron chi connectivity index (χ2n) is 5.23. The summed E-state index contributed by atoms with van der Waals surface area (Å²) in [5.41, 5.74) is 6.34. The van der Waals surface area contributed by atoms with Gasteiger partial charge in [0.25, 0.3) is 0 Å². The highest BCUT2D eigenvalue weighted by atomic mass is 32.1. The summed E-state index contributed by atoms with van der Waals surface area (Å²) >= 11 is 1.29. The first-order valence-electron chi connectivity index (χ1n) is 7.12. The van der Waals surface area contributed by atoms with Gasteiger partial charge < -0.3 is 25.4 Å². The minimum Gasteiger partial charge on any atom is -0.492 e. The summed E-state index contributed by atoms with van der Waals surface area (Å²) in [6.07, 6.45) is 1.18. The van der Waals surface area contributed by atoms with E-state index in [1.807, 2.05) is 0 Å². The van der Waals surface area contributed by atoms with Crippen LogP contribution < -0.4 is 15.8 Å². The van der Waals surface area contributed by atoms with Gasteiger partial charge in [-0.2, -0.15) is 0 Å². The number of anilines is 2. The molecule has 7 heteroatoms. The van der Waals surface area contributed by atoms with Crippen LogP contribution in [0.1, 0.15) is 23.0 Å². The van der Waals surface area contributed by atoms with Gasteiger partial charge in [-0.3, -0.25) is 0 Å². The van der Waals surface area contributed by atoms with E-state index < -0.39 is 5.97 Å². The molecule has 1 saturated heterocycles. The number of nitrogens with zero attached hydrogens (tertiary/aromatic N) is 1. The van der Waals surface area contributed by atoms with Crippen molar-refractivity contribution in [1.82, 2.24) is 4.90 Å². The highest BCUT2D eigenvalue weighted by molar-refractivity contribution is 7.19. The standard InChI is InChI=1S/C14H23N3O3S/c1-4-20-14(18)12-10(15)11(19-3)13(21-12)16-7-9-5-6-17(2)8-9/h9,16H,4-8,15H2,1-3H3. The summed E-state index contributed by atoms with van der Waals surface area (Å²) in [5, 5.41) is 4.16. The Labute approximate surface area is 129 Å². The maximum atomic E-state index is 11.9. The fourth-order valence-electron chi connectivity index (χ4n) is 2.53. The molecule has 21 heavy (non-hydrogen) atoms. The van der Waals surface area contributed by atoms with Crippen molar-refractivity contribution in [1.29, 1.82) is 0 Å². The monoisotopic (exact) mass is 313 g/mol. The van der Waals surface area contributed by atoms with Gasteiger partial charge in [0.1, 0.15) is 15.6 Å². The predicted molar refractivity (Wildman–Crippen MR) is 85.3 cm³/mol. The lowest BCUT2D eigenvalue weighted by Crippen LogP contribution is -2.18. The molecule has 1 aliphatic heterocycles. The first-order chi connectivity index (χ1) is 10.1. The van der Waals surface area contributed by atoms with Gasteiger partial charge >= 0.3 is 5.97 Å². The van der Waals surface area contributed by atoms with Crippen LogP contribution in [-0.2, 0) is 4.74 Å². The second-order valence-corrected chi connectivity index (χ2v) is 6.25. The maximum absolute atomic E-state index is 11.9. The van der Waals surface area contributed by atoms with Crippen LogP contribution in [0.5, 0.6) is 5.75 Å². The number of esters is 1. The van der Waals surface area contributed by atoms with Crippen molar-refractivity contribution in [2.75, 3.05) is 51.4 Å². The number of hydrogen-bond donors (Lipinski definition) is 2. The molecule has 0 aliphatic carbocycles. The van der Waals surface area contributed by atoms with Crippen molar-refractivity contribution in [3.63, 3.8) is 0 Å². The number of nitrogens with one attached hydrogen (secondary N) is 1. The zero-order valence-corrected chi connectivity index (χ0v) is 13.6. The van der Waals surface area contributed by atoms with Crippen LogP contribution in [-0.4, -0.2) is 51.3 Å². The molecule has 1 aromatic heterocycles. The Morgan fingerprint density at radius 2 is 2.33 bits per heavy atom. The predicted octanol–water partition coefficient (Wildman–Crippen LogP) is 1.88. The molecule has 0 aromatic carbocycles. The summed E-state index contributed by atoms with van der Waals surface area (Å²) < 4.78 is 10.3. The molecule has 1 aliphatic rings. The summed E-state index contributed by atoms with van der Waals surface area (Å²) in [6, 6.07) is 0. The van der Waals surface area contributed by atoms with E-state index in [1.54, 1.807) is 14.0 Å². The van der Waals surface area contributed by atoms with Gasteiger partial charge in [0, 0.05) is 13.1 Å². The van der Waals surface area contributed by atoms with E-state index in [1.165, 1.54) is 17.8 Å². The number of nitrogen functional groups attached to an aromatic ring is 1. The van der Waals surface area contributed by atoms with Crippen molar-refractivity contribution in [2.24, 2.45) is 5.92 Å². The molecule has 1 atom stereocenters. The van der Waals surface area contributed by atoms with Crippen LogP contribution in [0, 0.1) is 5.92 Å². The number of carbonyl (C=O) groups is 1. The topological polar surface area (TPSA) is 76.8 Å². The van der Waals surface area contributed by atoms with E-state index in [0.717, 1.165) is 24.6 Å². The lowest BCUT2D eigenvalue weighted by atomic mass is 10.1. The van der Waals surface area contributed by atoms with Gasteiger partial charge in [0.2, 0.25) is 0 Å². The molecule has 1 unspecified atom stereocenters. The average Bonchev–Trinajstić information content (AvgIpc) is 3.00. The van der Waals surface area contributed by atoms with Crippen molar-refractivity contribution < 1.29 is 14.3 Å². The summed E-state index contributed by atoms with van der Waals surface area (Å²) in [4.78, 5) is 14.6. The fourth-order valence-corrected chi connectivity index (χ4v) is 3.52. The van der Waals surface area contributed by atoms with Crippen LogP contribution in [0.3, 0.4) is 0 Å². The van der Waals surface area contributed by atoms with Gasteiger partial charge in [0.15, 0.2) is 5.75 Å². The Morgan fingerprint density at radius 3 is 2.90 bits per heavy atom. The SMILES string of the molecule is CCOC(=O)c1sc(NCC2CCN(C)C2)c(OC)c1N. The third-order valence-electron chi connectivity index (χ3n) is 3.60. The highest BCUT2D eigenvalue weighted by Crippen LogP contribution is 2.42. The first-order valence-corrected chi connectivity index (χ1v) is 7.94. The van der Waals surface area contributed by atoms with E-state index in [2.05, 4.69) is 17.3 Å². The molecule has 0 spiro atoms. The Bertz CT molecular complexity index is 504. The molecule has 1 fully saturated rings. The number of nitrogens with two attached hydrogens (primary N) is 1. The summed E-state index contributed by atoms with van der Waals surface area (Å²) in [5.74, 6) is 0.746. The van der Waals surface area contributed by atoms with E-state index in [-0.39, 0.29) is 0 Å². The van der Waals surface area contributed by atoms with Crippen LogP contribution in [0.4, 0.5) is 10.7 Å². The van der Waals surface area contributed by atoms with E-state index in [4.69, 9.17) is 15.2 Å². The Balaban J connectivity index is 2.07. The molecule has 2 heterocycles. The molecule has 0 bridgehead atoms. The van der Waals surface area contributed by atoms with Crippen molar-refractivity contribution >= 4 is 28.0 Å². The number of hydrogen-bond acceptors (Lipinski definition) is 7. The Kier molecular flexibility index (Phi) is 5.30. The molecular formula is C14H23N3O3S. The molecule has 0 radical (unpaired) electrons. The molecule has 118 valence electrons. The molecule has 2 rings (SSSR count). The van der Waals surface area contributed by atoms with E-state index >= 15 is 0 Å². The van der Waals surface area contributed by atoms with Gasteiger partial charge in [-0.05, 0) is 32.9 Å². The number of ether oxygens (including phenoxy) is 2. The van der Waals surface area contributed by atoms with Crippen LogP contribution in [0.15, 0.2) is 0 Å². The Hall–Kier alpha value is -1.47. The number of likely N-dealkylation sites (tertiary alicyclic amines) is 1. The number of carbonyl (C=O) groups excluding carboxylic acids is 1. The zero-order chi connectivity index (χ0) is 15.4. The Morgan fingerprint density at radius 1 is 1.57 bits per heavy atom. The van der Waals surface area contributed by atoms with Crippen molar-refractivity contribution in [3.8, 4) is 5.75 Å². The normalized spacial score (nSPS) is 18.7. The molecule has 0 amide bonds. The number of methoxy groups -OCH3 is 1. The maximum Gasteiger partial charge on any atom is 0.350 e.